The van der Waals surface area contributed by atoms with Crippen molar-refractivity contribution < 1.29 is 4.79 Å². The van der Waals surface area contributed by atoms with E-state index in [0.717, 1.165) is 0 Å². The molecule has 0 spiro atoms. The van der Waals surface area contributed by atoms with Crippen molar-refractivity contribution in [2.24, 2.45) is 5.41 Å². The molecule has 0 bridgehead atoms. The van der Waals surface area contributed by atoms with E-state index in [-0.39, 0.29) is 5.91 Å². The van der Waals surface area contributed by atoms with Crippen LogP contribution >= 0.6 is 0 Å². The topological polar surface area (TPSA) is 29.1 Å². The van der Waals surface area contributed by atoms with E-state index in [1.807, 2.05) is 0 Å². The zero-order valence-electron chi connectivity index (χ0n) is 9.31. The number of allylic oxidation sites excluding steroid dienone is 1. The van der Waals surface area contributed by atoms with E-state index in [9.17, 15) is 4.79 Å². The lowest BCUT2D eigenvalue weighted by atomic mass is 9.68. The first-order chi connectivity index (χ1) is 6.50. The highest BCUT2D eigenvalue weighted by Gasteiger charge is 2.38. The molecule has 0 aromatic rings. The maximum atomic E-state index is 10.9. The number of carbonyl (C=O) groups is 1. The highest BCUT2D eigenvalue weighted by molar-refractivity contribution is 5.84. The molecule has 1 heterocycles. The largest absolute Gasteiger partial charge is 0.349 e. The second-order valence-corrected chi connectivity index (χ2v) is 5.26. The summed E-state index contributed by atoms with van der Waals surface area (Å²) in [4.78, 5) is 10.9. The monoisotopic (exact) mass is 193 g/mol. The first-order valence-electron chi connectivity index (χ1n) is 5.50. The SMILES string of the molecule is CC1=C(C2CC(=O)N2)C(C)(C)CCC1. The molecule has 0 radical (unpaired) electrons. The average Bonchev–Trinajstić information content (AvgIpc) is 1.99. The molecule has 0 saturated carbocycles. The summed E-state index contributed by atoms with van der Waals surface area (Å²) in [5, 5.41) is 3.00. The van der Waals surface area contributed by atoms with Crippen LogP contribution in [0.15, 0.2) is 11.1 Å². The van der Waals surface area contributed by atoms with Crippen LogP contribution in [-0.2, 0) is 4.79 Å². The zero-order valence-corrected chi connectivity index (χ0v) is 9.31. The predicted molar refractivity (Wildman–Crippen MR) is 56.9 cm³/mol. The second kappa shape index (κ2) is 3.11. The van der Waals surface area contributed by atoms with Crippen LogP contribution in [0.1, 0.15) is 46.5 Å². The molecule has 1 N–H and O–H groups in total. The van der Waals surface area contributed by atoms with E-state index in [0.29, 0.717) is 17.9 Å². The van der Waals surface area contributed by atoms with Crippen LogP contribution in [0.2, 0.25) is 0 Å². The summed E-state index contributed by atoms with van der Waals surface area (Å²) in [6.45, 7) is 6.83. The average molecular weight is 193 g/mol. The Hall–Kier alpha value is -0.790. The molecule has 0 aromatic carbocycles. The molecule has 1 unspecified atom stereocenters. The van der Waals surface area contributed by atoms with Gasteiger partial charge in [0.25, 0.3) is 0 Å². The van der Waals surface area contributed by atoms with Crippen LogP contribution in [0.3, 0.4) is 0 Å². The van der Waals surface area contributed by atoms with Crippen LogP contribution in [0.5, 0.6) is 0 Å². The van der Waals surface area contributed by atoms with Crippen LogP contribution < -0.4 is 5.32 Å². The van der Waals surface area contributed by atoms with Crippen LogP contribution in [-0.4, -0.2) is 11.9 Å². The van der Waals surface area contributed by atoms with Gasteiger partial charge in [-0.1, -0.05) is 19.4 Å². The molecule has 1 aliphatic carbocycles. The molecule has 1 atom stereocenters. The lowest BCUT2D eigenvalue weighted by molar-refractivity contribution is -0.127. The maximum absolute atomic E-state index is 10.9. The number of carbonyl (C=O) groups excluding carboxylic acids is 1. The number of nitrogens with one attached hydrogen (secondary N) is 1. The van der Waals surface area contributed by atoms with E-state index >= 15 is 0 Å². The number of hydrogen-bond acceptors (Lipinski definition) is 1. The lowest BCUT2D eigenvalue weighted by Gasteiger charge is -2.42. The minimum absolute atomic E-state index is 0.205. The van der Waals surface area contributed by atoms with Gasteiger partial charge in [0.2, 0.25) is 5.91 Å². The molecular formula is C12H19NO. The van der Waals surface area contributed by atoms with Gasteiger partial charge in [-0.2, -0.15) is 0 Å². The number of β-lactam (4-membered cyclic amide) rings is 1. The fourth-order valence-corrected chi connectivity index (χ4v) is 2.94. The van der Waals surface area contributed by atoms with E-state index in [2.05, 4.69) is 26.1 Å². The van der Waals surface area contributed by atoms with Gasteiger partial charge in [0.15, 0.2) is 0 Å². The van der Waals surface area contributed by atoms with E-state index in [1.165, 1.54) is 30.4 Å². The summed E-state index contributed by atoms with van der Waals surface area (Å²) < 4.78 is 0. The van der Waals surface area contributed by atoms with E-state index < -0.39 is 0 Å². The summed E-state index contributed by atoms with van der Waals surface area (Å²) in [6.07, 6.45) is 4.47. The Kier molecular flexibility index (Phi) is 2.17. The second-order valence-electron chi connectivity index (χ2n) is 5.26. The Balaban J connectivity index is 2.24. The molecule has 2 heteroatoms. The van der Waals surface area contributed by atoms with Crippen molar-refractivity contribution in [1.29, 1.82) is 0 Å². The van der Waals surface area contributed by atoms with Crippen LogP contribution in [0, 0.1) is 5.41 Å². The third-order valence-electron chi connectivity index (χ3n) is 3.62. The van der Waals surface area contributed by atoms with E-state index in [4.69, 9.17) is 0 Å². The van der Waals surface area contributed by atoms with Gasteiger partial charge in [-0.05, 0) is 37.2 Å². The van der Waals surface area contributed by atoms with Crippen molar-refractivity contribution in [2.75, 3.05) is 0 Å². The zero-order chi connectivity index (χ0) is 10.3. The Morgan fingerprint density at radius 2 is 2.07 bits per heavy atom. The molecule has 1 amide bonds. The smallest absolute Gasteiger partial charge is 0.222 e. The molecule has 2 nitrogen and oxygen atoms in total. The summed E-state index contributed by atoms with van der Waals surface area (Å²) in [6, 6.07) is 0.345. The number of amides is 1. The van der Waals surface area contributed by atoms with Crippen LogP contribution in [0.4, 0.5) is 0 Å². The van der Waals surface area contributed by atoms with Crippen LogP contribution in [0.25, 0.3) is 0 Å². The lowest BCUT2D eigenvalue weighted by Crippen LogP contribution is -2.52. The Morgan fingerprint density at radius 1 is 1.43 bits per heavy atom. The van der Waals surface area contributed by atoms with Crippen molar-refractivity contribution in [3.05, 3.63) is 11.1 Å². The first kappa shape index (κ1) is 9.75. The fraction of sp³-hybridized carbons (Fsp3) is 0.750. The maximum Gasteiger partial charge on any atom is 0.222 e. The van der Waals surface area contributed by atoms with Gasteiger partial charge in [0, 0.05) is 0 Å². The number of rotatable bonds is 1. The van der Waals surface area contributed by atoms with Gasteiger partial charge in [-0.25, -0.2) is 0 Å². The van der Waals surface area contributed by atoms with Gasteiger partial charge in [-0.3, -0.25) is 4.79 Å². The quantitative estimate of drug-likeness (QED) is 0.503. The molecule has 0 aromatic heterocycles. The van der Waals surface area contributed by atoms with Crippen molar-refractivity contribution >= 4 is 5.91 Å². The van der Waals surface area contributed by atoms with Gasteiger partial charge >= 0.3 is 0 Å². The highest BCUT2D eigenvalue weighted by Crippen LogP contribution is 2.43. The molecular weight excluding hydrogens is 174 g/mol. The predicted octanol–water partition coefficient (Wildman–Crippen LogP) is 2.40. The van der Waals surface area contributed by atoms with Crippen molar-refractivity contribution in [1.82, 2.24) is 5.32 Å². The third kappa shape index (κ3) is 1.47. The molecule has 1 fully saturated rings. The Morgan fingerprint density at radius 3 is 2.57 bits per heavy atom. The molecule has 1 saturated heterocycles. The molecule has 1 aliphatic heterocycles. The molecule has 78 valence electrons. The van der Waals surface area contributed by atoms with Gasteiger partial charge in [-0.15, -0.1) is 0 Å². The van der Waals surface area contributed by atoms with E-state index in [1.54, 1.807) is 0 Å². The third-order valence-corrected chi connectivity index (χ3v) is 3.62. The fourth-order valence-electron chi connectivity index (χ4n) is 2.94. The summed E-state index contributed by atoms with van der Waals surface area (Å²) in [5.41, 5.74) is 3.30. The van der Waals surface area contributed by atoms with Crippen molar-refractivity contribution in [3.8, 4) is 0 Å². The standard InChI is InChI=1S/C12H19NO/c1-8-5-4-6-12(2,3)11(8)9-7-10(14)13-9/h9H,4-7H2,1-3H3,(H,13,14). The Labute approximate surface area is 85.8 Å². The van der Waals surface area contributed by atoms with Crippen molar-refractivity contribution in [2.45, 2.75) is 52.5 Å². The highest BCUT2D eigenvalue weighted by atomic mass is 16.2. The van der Waals surface area contributed by atoms with Crippen molar-refractivity contribution in [3.63, 3.8) is 0 Å². The molecule has 2 aliphatic rings. The van der Waals surface area contributed by atoms with Gasteiger partial charge < -0.3 is 5.32 Å². The molecule has 14 heavy (non-hydrogen) atoms. The normalized spacial score (nSPS) is 31.1. The Bertz CT molecular complexity index is 293. The summed E-state index contributed by atoms with van der Waals surface area (Å²) in [5.74, 6) is 0.205. The minimum atomic E-state index is 0.205. The minimum Gasteiger partial charge on any atom is -0.349 e. The summed E-state index contributed by atoms with van der Waals surface area (Å²) in [7, 11) is 0. The van der Waals surface area contributed by atoms with Gasteiger partial charge in [0.1, 0.15) is 0 Å². The van der Waals surface area contributed by atoms with Gasteiger partial charge in [0.05, 0.1) is 12.5 Å². The summed E-state index contributed by atoms with van der Waals surface area (Å²) >= 11 is 0. The molecule has 2 rings (SSSR count). The first-order valence-corrected chi connectivity index (χ1v) is 5.50. The number of hydrogen-bond donors (Lipinski definition) is 1.